The molecule has 0 unspecified atom stereocenters. The van der Waals surface area contributed by atoms with Crippen molar-refractivity contribution in [1.82, 2.24) is 0 Å². The normalized spacial score (nSPS) is 12.9. The van der Waals surface area contributed by atoms with Crippen LogP contribution in [0.2, 0.25) is 0 Å². The third kappa shape index (κ3) is 5.02. The minimum atomic E-state index is -0.318. The van der Waals surface area contributed by atoms with Crippen LogP contribution < -0.4 is 4.90 Å². The fourth-order valence-corrected chi connectivity index (χ4v) is 8.68. The quantitative estimate of drug-likeness (QED) is 0.174. The van der Waals surface area contributed by atoms with Crippen molar-refractivity contribution in [2.24, 2.45) is 0 Å². The molecule has 1 aliphatic rings. The van der Waals surface area contributed by atoms with Crippen molar-refractivity contribution in [3.8, 4) is 44.5 Å². The summed E-state index contributed by atoms with van der Waals surface area (Å²) >= 11 is 0. The highest BCUT2D eigenvalue weighted by Crippen LogP contribution is 2.57. The average molecular weight is 680 g/mol. The van der Waals surface area contributed by atoms with E-state index in [4.69, 9.17) is 4.42 Å². The van der Waals surface area contributed by atoms with Gasteiger partial charge in [0.1, 0.15) is 11.2 Å². The Labute approximate surface area is 310 Å². The molecular weight excluding hydrogens is 643 g/mol. The molecule has 0 N–H and O–H groups in total. The van der Waals surface area contributed by atoms with E-state index in [-0.39, 0.29) is 5.41 Å². The number of rotatable bonds is 6. The molecule has 252 valence electrons. The molecule has 1 aromatic heterocycles. The van der Waals surface area contributed by atoms with E-state index >= 15 is 0 Å². The second-order valence-corrected chi connectivity index (χ2v) is 14.5. The fourth-order valence-electron chi connectivity index (χ4n) is 8.68. The zero-order valence-corrected chi connectivity index (χ0v) is 29.8. The highest BCUT2D eigenvalue weighted by molar-refractivity contribution is 6.11. The van der Waals surface area contributed by atoms with Gasteiger partial charge in [-0.2, -0.15) is 0 Å². The maximum atomic E-state index is 6.43. The lowest BCUT2D eigenvalue weighted by Crippen LogP contribution is -2.21. The van der Waals surface area contributed by atoms with Gasteiger partial charge in [0.15, 0.2) is 0 Å². The highest BCUT2D eigenvalue weighted by Gasteiger charge is 2.41. The Morgan fingerprint density at radius 2 is 0.962 bits per heavy atom. The van der Waals surface area contributed by atoms with Crippen molar-refractivity contribution >= 4 is 39.0 Å². The highest BCUT2D eigenvalue weighted by atomic mass is 16.3. The first-order valence-corrected chi connectivity index (χ1v) is 18.4. The van der Waals surface area contributed by atoms with E-state index < -0.39 is 0 Å². The molecule has 1 aliphatic carbocycles. The zero-order valence-electron chi connectivity index (χ0n) is 29.8. The molecule has 53 heavy (non-hydrogen) atoms. The Bertz CT molecular complexity index is 2780. The summed E-state index contributed by atoms with van der Waals surface area (Å²) in [6.07, 6.45) is 0. The van der Waals surface area contributed by atoms with E-state index in [0.717, 1.165) is 22.5 Å². The summed E-state index contributed by atoms with van der Waals surface area (Å²) in [5.41, 5.74) is 17.3. The van der Waals surface area contributed by atoms with Crippen LogP contribution in [-0.4, -0.2) is 0 Å². The third-order valence-corrected chi connectivity index (χ3v) is 11.0. The second-order valence-electron chi connectivity index (χ2n) is 14.5. The van der Waals surface area contributed by atoms with Crippen molar-refractivity contribution in [3.05, 3.63) is 199 Å². The molecule has 0 bridgehead atoms. The molecule has 2 nitrogen and oxygen atoms in total. The monoisotopic (exact) mass is 679 g/mol. The third-order valence-electron chi connectivity index (χ3n) is 11.0. The summed E-state index contributed by atoms with van der Waals surface area (Å²) in [5, 5.41) is 2.38. The maximum Gasteiger partial charge on any atom is 0.135 e. The molecule has 0 saturated carbocycles. The number of para-hydroxylation sites is 1. The molecule has 0 aliphatic heterocycles. The number of fused-ring (bicyclic) bond motifs is 7. The predicted molar refractivity (Wildman–Crippen MR) is 222 cm³/mol. The fraction of sp³-hybridized carbons (Fsp3) is 0.0588. The minimum absolute atomic E-state index is 0.318. The molecule has 0 fully saturated rings. The first kappa shape index (κ1) is 31.1. The van der Waals surface area contributed by atoms with Crippen molar-refractivity contribution in [2.45, 2.75) is 19.3 Å². The van der Waals surface area contributed by atoms with E-state index in [9.17, 15) is 0 Å². The molecule has 0 spiro atoms. The van der Waals surface area contributed by atoms with Gasteiger partial charge in [0.2, 0.25) is 0 Å². The number of furan rings is 1. The number of hydrogen-bond acceptors (Lipinski definition) is 2. The van der Waals surface area contributed by atoms with Crippen LogP contribution in [0.3, 0.4) is 0 Å². The lowest BCUT2D eigenvalue weighted by atomic mass is 9.79. The van der Waals surface area contributed by atoms with E-state index in [1.807, 2.05) is 0 Å². The van der Waals surface area contributed by atoms with Crippen LogP contribution in [0.1, 0.15) is 25.0 Å². The van der Waals surface area contributed by atoms with Gasteiger partial charge in [0.05, 0.1) is 5.69 Å². The van der Waals surface area contributed by atoms with Crippen LogP contribution in [-0.2, 0) is 5.41 Å². The summed E-state index contributed by atoms with van der Waals surface area (Å²) in [6, 6.07) is 67.8. The van der Waals surface area contributed by atoms with E-state index in [1.165, 1.54) is 72.1 Å². The van der Waals surface area contributed by atoms with Crippen molar-refractivity contribution < 1.29 is 4.42 Å². The Morgan fingerprint density at radius 3 is 1.68 bits per heavy atom. The topological polar surface area (TPSA) is 16.4 Å². The molecule has 10 rings (SSSR count). The SMILES string of the molecule is CC1(C)c2c(cccc2N(c2ccc(-c3ccccc3)cc2)c2ccc(-c3ccccc3)c(-c3ccccc3)c2)-c2ccc3oc4ccccc4c3c21. The van der Waals surface area contributed by atoms with Crippen LogP contribution in [0.25, 0.3) is 66.4 Å². The van der Waals surface area contributed by atoms with Gasteiger partial charge in [-0.05, 0) is 98.1 Å². The lowest BCUT2D eigenvalue weighted by Gasteiger charge is -2.33. The number of nitrogens with zero attached hydrogens (tertiary/aromatic N) is 1. The van der Waals surface area contributed by atoms with Gasteiger partial charge in [0.25, 0.3) is 0 Å². The van der Waals surface area contributed by atoms with Gasteiger partial charge < -0.3 is 9.32 Å². The van der Waals surface area contributed by atoms with Gasteiger partial charge in [0, 0.05) is 27.6 Å². The largest absolute Gasteiger partial charge is 0.456 e. The summed E-state index contributed by atoms with van der Waals surface area (Å²) < 4.78 is 6.43. The number of anilines is 3. The molecular formula is C51H37NO. The smallest absolute Gasteiger partial charge is 0.135 e. The second kappa shape index (κ2) is 12.3. The van der Waals surface area contributed by atoms with Crippen molar-refractivity contribution in [1.29, 1.82) is 0 Å². The number of hydrogen-bond donors (Lipinski definition) is 0. The van der Waals surface area contributed by atoms with E-state index in [1.54, 1.807) is 0 Å². The first-order chi connectivity index (χ1) is 26.1. The van der Waals surface area contributed by atoms with Gasteiger partial charge >= 0.3 is 0 Å². The van der Waals surface area contributed by atoms with E-state index in [2.05, 4.69) is 207 Å². The minimum Gasteiger partial charge on any atom is -0.456 e. The molecule has 8 aromatic carbocycles. The van der Waals surface area contributed by atoms with Crippen LogP contribution in [0.5, 0.6) is 0 Å². The van der Waals surface area contributed by atoms with Crippen LogP contribution in [0, 0.1) is 0 Å². The molecule has 1 heterocycles. The van der Waals surface area contributed by atoms with E-state index in [0.29, 0.717) is 0 Å². The summed E-state index contributed by atoms with van der Waals surface area (Å²) in [4.78, 5) is 2.47. The first-order valence-electron chi connectivity index (χ1n) is 18.4. The predicted octanol–water partition coefficient (Wildman–Crippen LogP) is 14.4. The molecule has 0 atom stereocenters. The molecule has 9 aromatic rings. The Morgan fingerprint density at radius 1 is 0.396 bits per heavy atom. The van der Waals surface area contributed by atoms with Crippen LogP contribution in [0.4, 0.5) is 17.1 Å². The van der Waals surface area contributed by atoms with Crippen LogP contribution >= 0.6 is 0 Å². The summed E-state index contributed by atoms with van der Waals surface area (Å²) in [6.45, 7) is 4.76. The summed E-state index contributed by atoms with van der Waals surface area (Å²) in [5.74, 6) is 0. The standard InChI is InChI=1S/C51H37NO/c1-51(2)49-41(42-31-32-47-48(50(42)51)43-21-12-13-24-46(43)53-47)22-14-23-45(49)52(38-27-25-35(26-28-38)34-15-6-3-7-16-34)39-29-30-40(36-17-8-4-9-18-36)44(33-39)37-19-10-5-11-20-37/h3-33H,1-2H3. The lowest BCUT2D eigenvalue weighted by molar-refractivity contribution is 0.657. The maximum absolute atomic E-state index is 6.43. The molecule has 2 heteroatoms. The molecule has 0 amide bonds. The van der Waals surface area contributed by atoms with Gasteiger partial charge in [-0.25, -0.2) is 0 Å². The van der Waals surface area contributed by atoms with Gasteiger partial charge in [-0.3, -0.25) is 0 Å². The Kier molecular flexibility index (Phi) is 7.19. The van der Waals surface area contributed by atoms with Gasteiger partial charge in [-0.15, -0.1) is 0 Å². The Balaban J connectivity index is 1.22. The zero-order chi connectivity index (χ0) is 35.5. The average Bonchev–Trinajstić information content (AvgIpc) is 3.71. The van der Waals surface area contributed by atoms with Crippen LogP contribution in [0.15, 0.2) is 192 Å². The number of benzene rings is 8. The molecule has 0 radical (unpaired) electrons. The summed E-state index contributed by atoms with van der Waals surface area (Å²) in [7, 11) is 0. The molecule has 0 saturated heterocycles. The van der Waals surface area contributed by atoms with Crippen molar-refractivity contribution in [2.75, 3.05) is 4.90 Å². The van der Waals surface area contributed by atoms with Crippen molar-refractivity contribution in [3.63, 3.8) is 0 Å². The Hall–Kier alpha value is -6.64. The van der Waals surface area contributed by atoms with Gasteiger partial charge in [-0.1, -0.05) is 159 Å².